The van der Waals surface area contributed by atoms with E-state index < -0.39 is 40.8 Å². The van der Waals surface area contributed by atoms with Gasteiger partial charge in [-0.05, 0) is 43.2 Å². The summed E-state index contributed by atoms with van der Waals surface area (Å²) < 4.78 is 32.7. The van der Waals surface area contributed by atoms with E-state index in [1.807, 2.05) is 0 Å². The zero-order valence-electron chi connectivity index (χ0n) is 18.9. The van der Waals surface area contributed by atoms with E-state index in [0.717, 1.165) is 6.20 Å². The number of nitrogens with zero attached hydrogens (tertiary/aromatic N) is 2. The van der Waals surface area contributed by atoms with Gasteiger partial charge in [0.2, 0.25) is 5.91 Å². The highest BCUT2D eigenvalue weighted by molar-refractivity contribution is 5.89. The Morgan fingerprint density at radius 1 is 1.20 bits per heavy atom. The van der Waals surface area contributed by atoms with Crippen molar-refractivity contribution in [2.24, 2.45) is 0 Å². The largest absolute Gasteiger partial charge is 0.505 e. The molecule has 0 bridgehead atoms. The summed E-state index contributed by atoms with van der Waals surface area (Å²) >= 11 is 0. The van der Waals surface area contributed by atoms with Crippen molar-refractivity contribution >= 4 is 16.9 Å². The van der Waals surface area contributed by atoms with E-state index in [0.29, 0.717) is 22.9 Å². The average molecular weight is 480 g/mol. The number of carbonyl (C=O) groups excluding carboxylic acids is 1. The molecule has 8 nitrogen and oxygen atoms in total. The maximum atomic E-state index is 14.2. The summed E-state index contributed by atoms with van der Waals surface area (Å²) in [5, 5.41) is 13.6. The van der Waals surface area contributed by atoms with Crippen molar-refractivity contribution in [1.82, 2.24) is 20.3 Å². The predicted octanol–water partition coefficient (Wildman–Crippen LogP) is 3.51. The number of pyridine rings is 3. The molecule has 3 aromatic heterocycles. The molecule has 0 unspecified atom stereocenters. The third-order valence-corrected chi connectivity index (χ3v) is 5.65. The number of aromatic nitrogens is 3. The summed E-state index contributed by atoms with van der Waals surface area (Å²) in [5.74, 6) is -3.39. The van der Waals surface area contributed by atoms with Gasteiger partial charge in [0.05, 0.1) is 42.0 Å². The molecule has 0 saturated carbocycles. The summed E-state index contributed by atoms with van der Waals surface area (Å²) in [5.41, 5.74) is 0.132. The van der Waals surface area contributed by atoms with Gasteiger partial charge in [-0.25, -0.2) is 8.78 Å². The minimum Gasteiger partial charge on any atom is -0.505 e. The number of hydrogen-bond acceptors (Lipinski definition) is 6. The first-order chi connectivity index (χ1) is 16.8. The minimum absolute atomic E-state index is 0.0385. The van der Waals surface area contributed by atoms with Gasteiger partial charge in [-0.1, -0.05) is 12.1 Å². The number of aromatic amines is 1. The van der Waals surface area contributed by atoms with Gasteiger partial charge in [-0.2, -0.15) is 0 Å². The van der Waals surface area contributed by atoms with Gasteiger partial charge in [0.15, 0.2) is 5.75 Å². The predicted molar refractivity (Wildman–Crippen MR) is 124 cm³/mol. The molecule has 2 atom stereocenters. The standard InChI is InChI=1S/C25H22F2N4O4/c1-13(21-18(27)11-15(26)12-29-21)30-24(33)17(10-14-5-7-16(35-2)8-6-14)20-23(32)22-19(31-25(20)34)4-3-9-28-22/h3-9,11-13,17H,10H2,1-2H3,(H,30,33)(H2,31,32,34)/t13-,17-/m0/s1. The van der Waals surface area contributed by atoms with Crippen molar-refractivity contribution in [2.45, 2.75) is 25.3 Å². The van der Waals surface area contributed by atoms with E-state index in [2.05, 4.69) is 20.3 Å². The average Bonchev–Trinajstić information content (AvgIpc) is 2.83. The molecule has 4 rings (SSSR count). The number of hydrogen-bond donors (Lipinski definition) is 3. The number of fused-ring (bicyclic) bond motifs is 1. The lowest BCUT2D eigenvalue weighted by Gasteiger charge is -2.21. The van der Waals surface area contributed by atoms with Gasteiger partial charge in [0.1, 0.15) is 22.9 Å². The first-order valence-electron chi connectivity index (χ1n) is 10.7. The van der Waals surface area contributed by atoms with E-state index in [9.17, 15) is 23.5 Å². The molecule has 0 radical (unpaired) electrons. The summed E-state index contributed by atoms with van der Waals surface area (Å²) in [6, 6.07) is 9.78. The second-order valence-electron chi connectivity index (χ2n) is 7.97. The van der Waals surface area contributed by atoms with Gasteiger partial charge in [0, 0.05) is 12.3 Å². The van der Waals surface area contributed by atoms with E-state index in [-0.39, 0.29) is 23.2 Å². The molecule has 180 valence electrons. The van der Waals surface area contributed by atoms with Gasteiger partial charge < -0.3 is 20.1 Å². The van der Waals surface area contributed by atoms with E-state index in [1.165, 1.54) is 20.2 Å². The fraction of sp³-hybridized carbons (Fsp3) is 0.200. The van der Waals surface area contributed by atoms with E-state index in [1.54, 1.807) is 36.4 Å². The van der Waals surface area contributed by atoms with Crippen molar-refractivity contribution in [3.63, 3.8) is 0 Å². The quantitative estimate of drug-likeness (QED) is 0.373. The van der Waals surface area contributed by atoms with Crippen molar-refractivity contribution in [1.29, 1.82) is 0 Å². The Bertz CT molecular complexity index is 1440. The fourth-order valence-electron chi connectivity index (χ4n) is 3.89. The van der Waals surface area contributed by atoms with Crippen LogP contribution in [0.25, 0.3) is 11.0 Å². The molecule has 1 amide bonds. The molecule has 3 heterocycles. The van der Waals surface area contributed by atoms with Gasteiger partial charge in [-0.15, -0.1) is 0 Å². The molecule has 4 aromatic rings. The number of aromatic hydroxyl groups is 1. The van der Waals surface area contributed by atoms with Crippen molar-refractivity contribution < 1.29 is 23.4 Å². The lowest BCUT2D eigenvalue weighted by molar-refractivity contribution is -0.123. The molecule has 3 N–H and O–H groups in total. The van der Waals surface area contributed by atoms with Gasteiger partial charge in [0.25, 0.3) is 5.56 Å². The zero-order chi connectivity index (χ0) is 25.1. The maximum Gasteiger partial charge on any atom is 0.256 e. The number of methoxy groups -OCH3 is 1. The summed E-state index contributed by atoms with van der Waals surface area (Å²) in [6.07, 6.45) is 2.34. The van der Waals surface area contributed by atoms with Gasteiger partial charge >= 0.3 is 0 Å². The number of nitrogens with one attached hydrogen (secondary N) is 2. The summed E-state index contributed by atoms with van der Waals surface area (Å²) in [6.45, 7) is 1.48. The smallest absolute Gasteiger partial charge is 0.256 e. The zero-order valence-corrected chi connectivity index (χ0v) is 18.9. The second-order valence-corrected chi connectivity index (χ2v) is 7.97. The van der Waals surface area contributed by atoms with E-state index in [4.69, 9.17) is 4.74 Å². The molecule has 0 aliphatic heterocycles. The highest BCUT2D eigenvalue weighted by atomic mass is 19.1. The SMILES string of the molecule is COc1ccc(C[C@H](C(=O)N[C@@H](C)c2ncc(F)cc2F)c2c(O)c3ncccc3[nH]c2=O)cc1. The Hall–Kier alpha value is -4.34. The number of carbonyl (C=O) groups is 1. The number of rotatable bonds is 7. The molecule has 0 aliphatic rings. The number of amides is 1. The monoisotopic (exact) mass is 480 g/mol. The molecule has 0 spiro atoms. The van der Waals surface area contributed by atoms with Crippen LogP contribution in [-0.2, 0) is 11.2 Å². The molecule has 0 fully saturated rings. The topological polar surface area (TPSA) is 117 Å². The molecule has 10 heteroatoms. The van der Waals surface area contributed by atoms with Crippen LogP contribution in [0.3, 0.4) is 0 Å². The number of ether oxygens (including phenoxy) is 1. The molecule has 0 aliphatic carbocycles. The summed E-state index contributed by atoms with van der Waals surface area (Å²) in [4.78, 5) is 36.9. The Kier molecular flexibility index (Phi) is 6.72. The van der Waals surface area contributed by atoms with Crippen LogP contribution in [0.15, 0.2) is 59.7 Å². The lowest BCUT2D eigenvalue weighted by Crippen LogP contribution is -2.36. The molecule has 35 heavy (non-hydrogen) atoms. The van der Waals surface area contributed by atoms with Crippen LogP contribution < -0.4 is 15.6 Å². The third-order valence-electron chi connectivity index (χ3n) is 5.65. The first-order valence-corrected chi connectivity index (χ1v) is 10.7. The fourth-order valence-corrected chi connectivity index (χ4v) is 3.89. The van der Waals surface area contributed by atoms with Crippen LogP contribution in [0.1, 0.15) is 35.7 Å². The lowest BCUT2D eigenvalue weighted by atomic mass is 9.90. The normalized spacial score (nSPS) is 12.8. The van der Waals surface area contributed by atoms with Crippen LogP contribution in [0.5, 0.6) is 11.5 Å². The highest BCUT2D eigenvalue weighted by Crippen LogP contribution is 2.31. The molecule has 0 saturated heterocycles. The Morgan fingerprint density at radius 3 is 2.63 bits per heavy atom. The van der Waals surface area contributed by atoms with Crippen LogP contribution in [-0.4, -0.2) is 33.1 Å². The van der Waals surface area contributed by atoms with Crippen LogP contribution >= 0.6 is 0 Å². The highest BCUT2D eigenvalue weighted by Gasteiger charge is 2.30. The van der Waals surface area contributed by atoms with E-state index >= 15 is 0 Å². The third kappa shape index (κ3) is 4.96. The number of halogens is 2. The molecular weight excluding hydrogens is 458 g/mol. The van der Waals surface area contributed by atoms with Crippen molar-refractivity contribution in [2.75, 3.05) is 7.11 Å². The maximum absolute atomic E-state index is 14.2. The van der Waals surface area contributed by atoms with Crippen molar-refractivity contribution in [3.05, 3.63) is 93.7 Å². The van der Waals surface area contributed by atoms with Crippen LogP contribution in [0, 0.1) is 11.6 Å². The van der Waals surface area contributed by atoms with Crippen molar-refractivity contribution in [3.8, 4) is 11.5 Å². The Morgan fingerprint density at radius 2 is 1.94 bits per heavy atom. The number of benzene rings is 1. The second kappa shape index (κ2) is 9.88. The summed E-state index contributed by atoms with van der Waals surface area (Å²) in [7, 11) is 1.52. The Labute approximate surface area is 198 Å². The van der Waals surface area contributed by atoms with Crippen LogP contribution in [0.4, 0.5) is 8.78 Å². The van der Waals surface area contributed by atoms with Gasteiger partial charge in [-0.3, -0.25) is 19.6 Å². The van der Waals surface area contributed by atoms with Crippen LogP contribution in [0.2, 0.25) is 0 Å². The molecular formula is C25H22F2N4O4. The molecule has 1 aromatic carbocycles. The first kappa shape index (κ1) is 23.8. The number of H-pyrrole nitrogens is 1. The Balaban J connectivity index is 1.75. The minimum atomic E-state index is -1.16.